The Morgan fingerprint density at radius 3 is 3.20 bits per heavy atom. The van der Waals surface area contributed by atoms with Gasteiger partial charge in [-0.05, 0) is 23.7 Å². The number of nitrogens with zero attached hydrogens (tertiary/aromatic N) is 2. The Balaban J connectivity index is 2.93. The van der Waals surface area contributed by atoms with Crippen LogP contribution in [-0.2, 0) is 0 Å². The highest BCUT2D eigenvalue weighted by atomic mass is 35.5. The van der Waals surface area contributed by atoms with Gasteiger partial charge in [-0.3, -0.25) is 4.98 Å². The first-order chi connectivity index (χ1) is 4.88. The molecule has 2 rings (SSSR count). The summed E-state index contributed by atoms with van der Waals surface area (Å²) in [6, 6.07) is 3.82. The largest absolute Gasteiger partial charge is 0.252 e. The quantitative estimate of drug-likeness (QED) is 0.607. The third-order valence-electron chi connectivity index (χ3n) is 1.19. The number of fused-ring (bicyclic) bond motifs is 1. The average Bonchev–Trinajstić information content (AvgIpc) is 2.34. The van der Waals surface area contributed by atoms with E-state index < -0.39 is 0 Å². The van der Waals surface area contributed by atoms with Crippen LogP contribution in [0.3, 0.4) is 0 Å². The number of rotatable bonds is 0. The predicted octanol–water partition coefficient (Wildman–Crippen LogP) is 2.34. The Labute approximate surface area is 66.6 Å². The highest BCUT2D eigenvalue weighted by molar-refractivity contribution is 7.13. The number of aromatic nitrogens is 2. The lowest BCUT2D eigenvalue weighted by atomic mass is 10.4. The van der Waals surface area contributed by atoms with Gasteiger partial charge < -0.3 is 0 Å². The molecule has 0 aliphatic rings. The van der Waals surface area contributed by atoms with Crippen LogP contribution in [0.4, 0.5) is 0 Å². The third-order valence-corrected chi connectivity index (χ3v) is 2.35. The van der Waals surface area contributed by atoms with Gasteiger partial charge in [0.05, 0.1) is 4.70 Å². The Kier molecular flexibility index (Phi) is 1.32. The molecule has 0 N–H and O–H groups in total. The molecule has 10 heavy (non-hydrogen) atoms. The summed E-state index contributed by atoms with van der Waals surface area (Å²) in [5.74, 6) is 0. The maximum Gasteiger partial charge on any atom is 0.169 e. The van der Waals surface area contributed by atoms with Crippen molar-refractivity contribution in [2.45, 2.75) is 0 Å². The molecule has 2 heterocycles. The number of hydrogen-bond donors (Lipinski definition) is 0. The molecule has 50 valence electrons. The molecule has 0 radical (unpaired) electrons. The fourth-order valence-corrected chi connectivity index (χ4v) is 1.70. The average molecular weight is 171 g/mol. The summed E-state index contributed by atoms with van der Waals surface area (Å²) in [4.78, 5) is 4.06. The van der Waals surface area contributed by atoms with E-state index in [4.69, 9.17) is 11.6 Å². The molecule has 0 atom stereocenters. The fraction of sp³-hybridized carbons (Fsp3) is 0. The minimum Gasteiger partial charge on any atom is -0.252 e. The van der Waals surface area contributed by atoms with Crippen molar-refractivity contribution in [1.29, 1.82) is 0 Å². The van der Waals surface area contributed by atoms with Crippen LogP contribution in [0.5, 0.6) is 0 Å². The Bertz CT molecular complexity index is 357. The standard InChI is InChI=1S/C6H3ClN2S/c7-6-5-4(10-9-6)2-1-3-8-5/h1-3H. The molecule has 2 nitrogen and oxygen atoms in total. The van der Waals surface area contributed by atoms with Crippen LogP contribution in [0.1, 0.15) is 0 Å². The van der Waals surface area contributed by atoms with Gasteiger partial charge in [0, 0.05) is 6.20 Å². The number of halogens is 1. The minimum absolute atomic E-state index is 0.501. The van der Waals surface area contributed by atoms with Crippen molar-refractivity contribution in [2.24, 2.45) is 0 Å². The zero-order valence-electron chi connectivity index (χ0n) is 4.91. The normalized spacial score (nSPS) is 10.5. The predicted molar refractivity (Wildman–Crippen MR) is 42.4 cm³/mol. The molecule has 0 aliphatic heterocycles. The lowest BCUT2D eigenvalue weighted by molar-refractivity contribution is 1.41. The summed E-state index contributed by atoms with van der Waals surface area (Å²) in [6.07, 6.45) is 1.71. The molecule has 0 fully saturated rings. The molecule has 0 aromatic carbocycles. The summed E-state index contributed by atoms with van der Waals surface area (Å²) in [5, 5.41) is 0.501. The van der Waals surface area contributed by atoms with E-state index in [1.165, 1.54) is 11.5 Å². The second kappa shape index (κ2) is 2.18. The van der Waals surface area contributed by atoms with E-state index in [1.807, 2.05) is 12.1 Å². The van der Waals surface area contributed by atoms with Crippen LogP contribution in [0.15, 0.2) is 18.3 Å². The molecule has 4 heteroatoms. The molecule has 2 aromatic heterocycles. The summed E-state index contributed by atoms with van der Waals surface area (Å²) in [7, 11) is 0. The molecule has 0 saturated carbocycles. The lowest BCUT2D eigenvalue weighted by Crippen LogP contribution is -1.69. The van der Waals surface area contributed by atoms with Crippen molar-refractivity contribution < 1.29 is 0 Å². The van der Waals surface area contributed by atoms with Crippen molar-refractivity contribution in [3.63, 3.8) is 0 Å². The molecular weight excluding hydrogens is 168 g/mol. The van der Waals surface area contributed by atoms with E-state index in [9.17, 15) is 0 Å². The van der Waals surface area contributed by atoms with Gasteiger partial charge in [0.25, 0.3) is 0 Å². The molecule has 0 unspecified atom stereocenters. The smallest absolute Gasteiger partial charge is 0.169 e. The summed E-state index contributed by atoms with van der Waals surface area (Å²) in [6.45, 7) is 0. The van der Waals surface area contributed by atoms with E-state index in [2.05, 4.69) is 9.36 Å². The number of hydrogen-bond acceptors (Lipinski definition) is 3. The first kappa shape index (κ1) is 6.07. The van der Waals surface area contributed by atoms with Crippen LogP contribution >= 0.6 is 23.1 Å². The molecular formula is C6H3ClN2S. The van der Waals surface area contributed by atoms with Crippen LogP contribution in [0.25, 0.3) is 10.2 Å². The second-order valence-corrected chi connectivity index (χ2v) is 2.99. The third kappa shape index (κ3) is 0.786. The van der Waals surface area contributed by atoms with Crippen molar-refractivity contribution in [2.75, 3.05) is 0 Å². The van der Waals surface area contributed by atoms with Crippen LogP contribution in [0, 0.1) is 0 Å². The zero-order valence-corrected chi connectivity index (χ0v) is 6.49. The van der Waals surface area contributed by atoms with Crippen LogP contribution in [0.2, 0.25) is 5.15 Å². The summed E-state index contributed by atoms with van der Waals surface area (Å²) < 4.78 is 4.98. The molecule has 0 saturated heterocycles. The van der Waals surface area contributed by atoms with Crippen molar-refractivity contribution >= 4 is 33.4 Å². The van der Waals surface area contributed by atoms with Crippen LogP contribution < -0.4 is 0 Å². The molecule has 0 bridgehead atoms. The van der Waals surface area contributed by atoms with Gasteiger partial charge in [-0.15, -0.1) is 0 Å². The Morgan fingerprint density at radius 1 is 1.50 bits per heavy atom. The van der Waals surface area contributed by atoms with E-state index in [0.29, 0.717) is 5.15 Å². The first-order valence-electron chi connectivity index (χ1n) is 2.74. The van der Waals surface area contributed by atoms with Crippen molar-refractivity contribution in [3.05, 3.63) is 23.5 Å². The monoisotopic (exact) mass is 170 g/mol. The maximum absolute atomic E-state index is 5.71. The Morgan fingerprint density at radius 2 is 2.40 bits per heavy atom. The van der Waals surface area contributed by atoms with E-state index >= 15 is 0 Å². The van der Waals surface area contributed by atoms with Gasteiger partial charge >= 0.3 is 0 Å². The topological polar surface area (TPSA) is 25.8 Å². The highest BCUT2D eigenvalue weighted by Gasteiger charge is 2.01. The zero-order chi connectivity index (χ0) is 6.97. The maximum atomic E-state index is 5.71. The van der Waals surface area contributed by atoms with Gasteiger partial charge in [-0.25, -0.2) is 0 Å². The van der Waals surface area contributed by atoms with Gasteiger partial charge in [0.1, 0.15) is 5.52 Å². The van der Waals surface area contributed by atoms with E-state index in [0.717, 1.165) is 10.2 Å². The van der Waals surface area contributed by atoms with Gasteiger partial charge in [-0.2, -0.15) is 4.37 Å². The SMILES string of the molecule is Clc1nsc2cccnc12. The van der Waals surface area contributed by atoms with E-state index in [-0.39, 0.29) is 0 Å². The fourth-order valence-electron chi connectivity index (χ4n) is 0.752. The number of pyridine rings is 1. The van der Waals surface area contributed by atoms with Crippen molar-refractivity contribution in [3.8, 4) is 0 Å². The molecule has 0 aliphatic carbocycles. The lowest BCUT2D eigenvalue weighted by Gasteiger charge is -1.82. The molecule has 0 amide bonds. The minimum atomic E-state index is 0.501. The van der Waals surface area contributed by atoms with Gasteiger partial charge in [0.2, 0.25) is 0 Å². The van der Waals surface area contributed by atoms with E-state index in [1.54, 1.807) is 6.20 Å². The van der Waals surface area contributed by atoms with Crippen LogP contribution in [-0.4, -0.2) is 9.36 Å². The first-order valence-corrected chi connectivity index (χ1v) is 3.89. The van der Waals surface area contributed by atoms with Gasteiger partial charge in [0.15, 0.2) is 5.15 Å². The summed E-state index contributed by atoms with van der Waals surface area (Å²) in [5.41, 5.74) is 0.800. The second-order valence-electron chi connectivity index (χ2n) is 1.82. The Hall–Kier alpha value is -0.670. The van der Waals surface area contributed by atoms with Gasteiger partial charge in [-0.1, -0.05) is 11.6 Å². The highest BCUT2D eigenvalue weighted by Crippen LogP contribution is 2.22. The molecule has 0 spiro atoms. The summed E-state index contributed by atoms with van der Waals surface area (Å²) >= 11 is 7.08. The van der Waals surface area contributed by atoms with Crippen molar-refractivity contribution in [1.82, 2.24) is 9.36 Å². The molecule has 2 aromatic rings.